The zero-order valence-corrected chi connectivity index (χ0v) is 49.0. The monoisotopic (exact) mass is 1180 g/mol. The maximum Gasteiger partial charge on any atom is 2.00 e. The Morgan fingerprint density at radius 2 is 1.07 bits per heavy atom. The molecular formula is C41H20ClCuN14Na3O11S4. The zero-order valence-electron chi connectivity index (χ0n) is 38.0. The Labute approximate surface area is 504 Å². The van der Waals surface area contributed by atoms with Crippen LogP contribution in [-0.4, -0.2) is 92.2 Å². The summed E-state index contributed by atoms with van der Waals surface area (Å²) in [7, 11) is -20.1. The van der Waals surface area contributed by atoms with E-state index >= 15 is 0 Å². The number of hydrogen-bond donors (Lipinski definition) is 3. The van der Waals surface area contributed by atoms with Gasteiger partial charge in [0, 0.05) is 55.9 Å². The van der Waals surface area contributed by atoms with Crippen molar-refractivity contribution >= 4 is 119 Å². The smallest absolute Gasteiger partial charge is 0.744 e. The van der Waals surface area contributed by atoms with Crippen molar-refractivity contribution in [2.24, 2.45) is 0 Å². The van der Waals surface area contributed by atoms with Gasteiger partial charge in [-0.25, -0.2) is 43.6 Å². The molecule has 4 aromatic heterocycles. The van der Waals surface area contributed by atoms with Crippen LogP contribution in [0.3, 0.4) is 0 Å². The molecule has 0 unspecified atom stereocenters. The molecule has 9 aromatic rings. The first kappa shape index (κ1) is 58.1. The van der Waals surface area contributed by atoms with Gasteiger partial charge >= 0.3 is 106 Å². The molecular weight excluding hydrogens is 1160 g/mol. The third kappa shape index (κ3) is 11.1. The Morgan fingerprint density at radius 3 is 1.77 bits per heavy atom. The molecule has 6 heterocycles. The van der Waals surface area contributed by atoms with E-state index in [-0.39, 0.29) is 212 Å². The minimum Gasteiger partial charge on any atom is -0.744 e. The summed E-state index contributed by atoms with van der Waals surface area (Å²) in [5.74, 6) is -1.47. The number of benzene rings is 5. The van der Waals surface area contributed by atoms with Crippen molar-refractivity contribution in [2.75, 3.05) is 15.8 Å². The van der Waals surface area contributed by atoms with Gasteiger partial charge in [-0.2, -0.15) is 15.0 Å². The molecule has 2 aliphatic rings. The minimum absolute atomic E-state index is 0. The van der Waals surface area contributed by atoms with Gasteiger partial charge in [0.2, 0.25) is 17.2 Å². The molecule has 8 bridgehead atoms. The molecule has 0 fully saturated rings. The molecule has 0 saturated heterocycles. The van der Waals surface area contributed by atoms with Crippen molar-refractivity contribution in [1.82, 2.24) is 54.8 Å². The second-order valence-corrected chi connectivity index (χ2v) is 21.3. The van der Waals surface area contributed by atoms with Crippen LogP contribution in [0.4, 0.5) is 23.3 Å². The van der Waals surface area contributed by atoms with Gasteiger partial charge in [-0.15, -0.1) is 0 Å². The van der Waals surface area contributed by atoms with Crippen LogP contribution in [0.5, 0.6) is 0 Å². The molecule has 0 atom stereocenters. The predicted octanol–water partition coefficient (Wildman–Crippen LogP) is -5.19. The molecule has 25 nitrogen and oxygen atoms in total. The van der Waals surface area contributed by atoms with Gasteiger partial charge in [0.1, 0.15) is 30.4 Å². The minimum atomic E-state index is -5.27. The maximum absolute atomic E-state index is 14.1. The Bertz CT molecular complexity index is 4530. The first-order chi connectivity index (χ1) is 33.6. The first-order valence-corrected chi connectivity index (χ1v) is 25.9. The van der Waals surface area contributed by atoms with E-state index in [1.54, 1.807) is 6.07 Å². The van der Waals surface area contributed by atoms with Crippen molar-refractivity contribution in [3.05, 3.63) is 102 Å². The van der Waals surface area contributed by atoms with Gasteiger partial charge in [0.25, 0.3) is 10.0 Å². The molecule has 4 N–H and O–H groups in total. The van der Waals surface area contributed by atoms with E-state index in [2.05, 4.69) is 64.9 Å². The van der Waals surface area contributed by atoms with Gasteiger partial charge in [-0.1, -0.05) is 42.5 Å². The number of rotatable bonds is 8. The summed E-state index contributed by atoms with van der Waals surface area (Å²) < 4.78 is 144. The van der Waals surface area contributed by atoms with Crippen LogP contribution < -0.4 is 114 Å². The Hall–Kier alpha value is -4.64. The molecule has 0 aliphatic carbocycles. The van der Waals surface area contributed by atoms with E-state index in [9.17, 15) is 47.3 Å². The number of nitrogen functional groups attached to an aromatic ring is 1. The number of nitrogens with one attached hydrogen (secondary N) is 2. The fourth-order valence-corrected chi connectivity index (χ4v) is 10.9. The first-order valence-electron chi connectivity index (χ1n) is 19.8. The van der Waals surface area contributed by atoms with E-state index in [0.717, 1.165) is 24.3 Å². The second-order valence-electron chi connectivity index (χ2n) is 15.2. The number of fused-ring (bicyclic) bond motifs is 20. The van der Waals surface area contributed by atoms with Crippen molar-refractivity contribution < 1.29 is 153 Å². The van der Waals surface area contributed by atoms with E-state index in [1.807, 2.05) is 0 Å². The van der Waals surface area contributed by atoms with Crippen molar-refractivity contribution in [2.45, 2.75) is 19.6 Å². The van der Waals surface area contributed by atoms with Crippen LogP contribution in [0.2, 0.25) is 5.28 Å². The third-order valence-corrected chi connectivity index (χ3v) is 14.9. The number of aromatic nitrogens is 11. The average Bonchev–Trinajstić information content (AvgIpc) is 4.03. The van der Waals surface area contributed by atoms with Crippen molar-refractivity contribution in [1.29, 1.82) is 0 Å². The van der Waals surface area contributed by atoms with E-state index < -0.39 is 66.5 Å². The SMILES string of the molecule is Nc1nc(Cl)nc(Nc2cccc(NS(=O)(=O)c3ccc4c(c3)-c3nc-4nc4[n-]c(nc5nc(nc6[n-]c(n3)c3ccc(S(=O)(=O)[O-])cc63)-c3cccc(S(=O)(=O)[O-])c3-5)c3cccc(S(=O)(=O)[O-])c43)c2)n1.[Cu+2].[Na+].[Na+].[Na+]. The van der Waals surface area contributed by atoms with Crippen LogP contribution in [0, 0.1) is 0 Å². The summed E-state index contributed by atoms with van der Waals surface area (Å²) in [6.07, 6.45) is 0. The summed E-state index contributed by atoms with van der Waals surface area (Å²) in [4.78, 5) is 45.3. The fourth-order valence-electron chi connectivity index (χ4n) is 7.82. The molecule has 0 spiro atoms. The largest absolute Gasteiger partial charge is 2.00 e. The molecule has 75 heavy (non-hydrogen) atoms. The molecule has 1 radical (unpaired) electrons. The Kier molecular flexibility index (Phi) is 16.5. The summed E-state index contributed by atoms with van der Waals surface area (Å²) in [5.41, 5.74) is 4.45. The topological polar surface area (TPSA) is 400 Å². The fraction of sp³-hybridized carbons (Fsp3) is 0. The quantitative estimate of drug-likeness (QED) is 0.0945. The van der Waals surface area contributed by atoms with E-state index in [4.69, 9.17) is 17.3 Å². The van der Waals surface area contributed by atoms with Gasteiger partial charge in [-0.05, 0) is 82.4 Å². The zero-order chi connectivity index (χ0) is 49.9. The predicted molar refractivity (Wildman–Crippen MR) is 248 cm³/mol. The van der Waals surface area contributed by atoms with Crippen LogP contribution in [-0.2, 0) is 57.4 Å². The number of anilines is 4. The van der Waals surface area contributed by atoms with Crippen molar-refractivity contribution in [3.63, 3.8) is 0 Å². The van der Waals surface area contributed by atoms with Gasteiger partial charge in [0.15, 0.2) is 0 Å². The summed E-state index contributed by atoms with van der Waals surface area (Å²) in [6, 6.07) is 20.1. The number of nitrogens with two attached hydrogens (primary N) is 1. The molecule has 0 amide bonds. The Morgan fingerprint density at radius 1 is 0.493 bits per heavy atom. The maximum atomic E-state index is 14.1. The van der Waals surface area contributed by atoms with Crippen LogP contribution in [0.25, 0.3) is 89.7 Å². The summed E-state index contributed by atoms with van der Waals surface area (Å²) >= 11 is 5.90. The van der Waals surface area contributed by atoms with Crippen LogP contribution >= 0.6 is 11.6 Å². The van der Waals surface area contributed by atoms with Crippen LogP contribution in [0.1, 0.15) is 0 Å². The van der Waals surface area contributed by atoms with Crippen LogP contribution in [0.15, 0.2) is 117 Å². The Balaban J connectivity index is 0.00000205. The second kappa shape index (κ2) is 21.3. The number of halogens is 1. The van der Waals surface area contributed by atoms with E-state index in [1.165, 1.54) is 66.7 Å². The molecule has 2 aliphatic heterocycles. The number of sulfonamides is 1. The molecule has 365 valence electrons. The number of hydrogen-bond acceptors (Lipinski definition) is 22. The standard InChI is InChI=1S/C41H23ClN14O11S4.Cu.3Na/c42-39-53-40(43)55-41(54-39)44-17-4-1-5-18(14-17)56-68(57,58)19-10-12-21-25(15-19)35-45-31-22-13-11-20(69(59,60)61)16-26(22)36(46-31)48-33-23-6-2-8-27(70(62,63)64)29(23)38(50-33)52-34-24-7-3-9-28(71(65,66)67)30(24)37(51-34)49-32(21)47-35;;;;/h1-16,56H,(H6-2,43,44,45,46,47,48,49,50,51,52,53,54,55,59,60,61,62,63,64,65,66,67);;;;/q-2;+2;3*+1/p-3. The molecule has 11 rings (SSSR count). The third-order valence-electron chi connectivity index (χ3n) is 10.8. The normalized spacial score (nSPS) is 12.1. The number of nitrogens with zero attached hydrogens (tertiary/aromatic N) is 11. The van der Waals surface area contributed by atoms with E-state index in [0.29, 0.717) is 5.69 Å². The van der Waals surface area contributed by atoms with Gasteiger partial charge in [-0.3, -0.25) is 4.72 Å². The summed E-state index contributed by atoms with van der Waals surface area (Å²) in [6.45, 7) is 0. The van der Waals surface area contributed by atoms with Gasteiger partial charge in [0.05, 0.1) is 48.6 Å². The van der Waals surface area contributed by atoms with Gasteiger partial charge < -0.3 is 54.6 Å². The average molecular weight is 1180 g/mol. The molecule has 34 heteroatoms. The van der Waals surface area contributed by atoms with Crippen molar-refractivity contribution in [3.8, 4) is 45.6 Å². The summed E-state index contributed by atoms with van der Waals surface area (Å²) in [5, 5.41) is 2.25. The molecule has 0 saturated carbocycles. The molecule has 5 aromatic carbocycles.